The van der Waals surface area contributed by atoms with Gasteiger partial charge in [0, 0.05) is 24.7 Å². The Labute approximate surface area is 131 Å². The average Bonchev–Trinajstić information content (AvgIpc) is 2.74. The van der Waals surface area contributed by atoms with Crippen LogP contribution in [0.3, 0.4) is 0 Å². The third-order valence-electron chi connectivity index (χ3n) is 2.37. The molecule has 1 aromatic rings. The predicted octanol–water partition coefficient (Wildman–Crippen LogP) is 2.92. The van der Waals surface area contributed by atoms with Crippen LogP contribution in [0.1, 0.15) is 36.1 Å². The van der Waals surface area contributed by atoms with Gasteiger partial charge in [-0.25, -0.2) is 4.98 Å². The Morgan fingerprint density at radius 2 is 2.17 bits per heavy atom. The molecule has 0 saturated heterocycles. The molecule has 104 valence electrons. The Kier molecular flexibility index (Phi) is 10.3. The first-order valence-electron chi connectivity index (χ1n) is 6.12. The van der Waals surface area contributed by atoms with E-state index in [2.05, 4.69) is 34.5 Å². The lowest BCUT2D eigenvalue weighted by Crippen LogP contribution is -2.37. The Hall–Kier alpha value is -0.370. The SMILES string of the molecule is CCCCCNC(=NC)NCc1ncc(C)s1.I. The molecule has 6 heteroatoms. The Morgan fingerprint density at radius 1 is 1.39 bits per heavy atom. The second kappa shape index (κ2) is 10.5. The van der Waals surface area contributed by atoms with Crippen LogP contribution in [0, 0.1) is 6.92 Å². The molecular weight excluding hydrogens is 359 g/mol. The highest BCUT2D eigenvalue weighted by Crippen LogP contribution is 2.10. The van der Waals surface area contributed by atoms with Crippen LogP contribution >= 0.6 is 35.3 Å². The summed E-state index contributed by atoms with van der Waals surface area (Å²) in [6.07, 6.45) is 5.59. The van der Waals surface area contributed by atoms with Crippen LogP contribution in [0.25, 0.3) is 0 Å². The molecule has 4 nitrogen and oxygen atoms in total. The second-order valence-electron chi connectivity index (χ2n) is 3.92. The highest BCUT2D eigenvalue weighted by molar-refractivity contribution is 14.0. The van der Waals surface area contributed by atoms with Crippen molar-refractivity contribution in [2.45, 2.75) is 39.7 Å². The summed E-state index contributed by atoms with van der Waals surface area (Å²) >= 11 is 1.72. The Morgan fingerprint density at radius 3 is 2.72 bits per heavy atom. The standard InChI is InChI=1S/C12H22N4S.HI/c1-4-5-6-7-14-12(13-3)16-9-11-15-8-10(2)17-11;/h8H,4-7,9H2,1-3H3,(H2,13,14,16);1H. The first-order valence-corrected chi connectivity index (χ1v) is 6.93. The molecule has 0 saturated carbocycles. The molecule has 18 heavy (non-hydrogen) atoms. The third kappa shape index (κ3) is 7.15. The Bertz CT molecular complexity index is 352. The van der Waals surface area contributed by atoms with E-state index in [1.54, 1.807) is 18.4 Å². The van der Waals surface area contributed by atoms with Gasteiger partial charge in [0.1, 0.15) is 5.01 Å². The van der Waals surface area contributed by atoms with E-state index < -0.39 is 0 Å². The van der Waals surface area contributed by atoms with Crippen molar-refractivity contribution >= 4 is 41.3 Å². The minimum absolute atomic E-state index is 0. The molecule has 0 atom stereocenters. The zero-order valence-electron chi connectivity index (χ0n) is 11.3. The molecule has 0 aromatic carbocycles. The first-order chi connectivity index (χ1) is 8.26. The largest absolute Gasteiger partial charge is 0.356 e. The fourth-order valence-corrected chi connectivity index (χ4v) is 2.17. The molecule has 0 fully saturated rings. The smallest absolute Gasteiger partial charge is 0.191 e. The summed E-state index contributed by atoms with van der Waals surface area (Å²) in [4.78, 5) is 9.73. The van der Waals surface area contributed by atoms with Crippen LogP contribution in [0.2, 0.25) is 0 Å². The first kappa shape index (κ1) is 17.6. The van der Waals surface area contributed by atoms with Crippen LogP contribution in [0.5, 0.6) is 0 Å². The van der Waals surface area contributed by atoms with Gasteiger partial charge in [-0.2, -0.15) is 0 Å². The fourth-order valence-electron chi connectivity index (χ4n) is 1.44. The van der Waals surface area contributed by atoms with Crippen molar-refractivity contribution in [3.8, 4) is 0 Å². The van der Waals surface area contributed by atoms with Gasteiger partial charge in [0.05, 0.1) is 6.54 Å². The number of halogens is 1. The number of nitrogens with one attached hydrogen (secondary N) is 2. The maximum absolute atomic E-state index is 4.30. The zero-order valence-corrected chi connectivity index (χ0v) is 14.5. The van der Waals surface area contributed by atoms with Gasteiger partial charge in [-0.3, -0.25) is 4.99 Å². The number of aryl methyl sites for hydroxylation is 1. The van der Waals surface area contributed by atoms with Crippen molar-refractivity contribution in [2.75, 3.05) is 13.6 Å². The molecule has 0 spiro atoms. The van der Waals surface area contributed by atoms with Crippen LogP contribution in [0.15, 0.2) is 11.2 Å². The van der Waals surface area contributed by atoms with Gasteiger partial charge in [-0.05, 0) is 13.3 Å². The van der Waals surface area contributed by atoms with Gasteiger partial charge in [0.25, 0.3) is 0 Å². The average molecular weight is 382 g/mol. The molecule has 0 amide bonds. The summed E-state index contributed by atoms with van der Waals surface area (Å²) in [5, 5.41) is 7.66. The number of unbranched alkanes of at least 4 members (excludes halogenated alkanes) is 2. The highest BCUT2D eigenvalue weighted by atomic mass is 127. The van der Waals surface area contributed by atoms with E-state index in [0.717, 1.165) is 24.1 Å². The summed E-state index contributed by atoms with van der Waals surface area (Å²) in [5.41, 5.74) is 0. The topological polar surface area (TPSA) is 49.3 Å². The number of thiazole rings is 1. The third-order valence-corrected chi connectivity index (χ3v) is 3.29. The van der Waals surface area contributed by atoms with Crippen molar-refractivity contribution in [2.24, 2.45) is 4.99 Å². The lowest BCUT2D eigenvalue weighted by Gasteiger charge is -2.10. The van der Waals surface area contributed by atoms with Gasteiger partial charge in [0.15, 0.2) is 5.96 Å². The predicted molar refractivity (Wildman–Crippen MR) is 90.0 cm³/mol. The van der Waals surface area contributed by atoms with E-state index >= 15 is 0 Å². The van der Waals surface area contributed by atoms with Gasteiger partial charge in [-0.15, -0.1) is 35.3 Å². The number of aromatic nitrogens is 1. The van der Waals surface area contributed by atoms with Crippen LogP contribution in [0.4, 0.5) is 0 Å². The molecule has 1 heterocycles. The number of rotatable bonds is 6. The zero-order chi connectivity index (χ0) is 12.5. The van der Waals surface area contributed by atoms with E-state index in [-0.39, 0.29) is 24.0 Å². The molecule has 2 N–H and O–H groups in total. The van der Waals surface area contributed by atoms with E-state index in [4.69, 9.17) is 0 Å². The normalized spacial score (nSPS) is 10.9. The van der Waals surface area contributed by atoms with Gasteiger partial charge >= 0.3 is 0 Å². The lowest BCUT2D eigenvalue weighted by atomic mass is 10.2. The van der Waals surface area contributed by atoms with E-state index in [1.807, 2.05) is 6.20 Å². The molecule has 1 aromatic heterocycles. The minimum Gasteiger partial charge on any atom is -0.356 e. The van der Waals surface area contributed by atoms with E-state index in [1.165, 1.54) is 24.1 Å². The van der Waals surface area contributed by atoms with E-state index in [0.29, 0.717) is 0 Å². The molecule has 0 unspecified atom stereocenters. The van der Waals surface area contributed by atoms with Crippen molar-refractivity contribution in [3.63, 3.8) is 0 Å². The van der Waals surface area contributed by atoms with Crippen LogP contribution in [-0.4, -0.2) is 24.5 Å². The summed E-state index contributed by atoms with van der Waals surface area (Å²) in [7, 11) is 1.79. The van der Waals surface area contributed by atoms with Crippen LogP contribution < -0.4 is 10.6 Å². The minimum atomic E-state index is 0. The van der Waals surface area contributed by atoms with Gasteiger partial charge in [0.2, 0.25) is 0 Å². The fraction of sp³-hybridized carbons (Fsp3) is 0.667. The maximum Gasteiger partial charge on any atom is 0.191 e. The number of guanidine groups is 1. The summed E-state index contributed by atoms with van der Waals surface area (Å²) in [6, 6.07) is 0. The molecule has 0 bridgehead atoms. The van der Waals surface area contributed by atoms with Crippen molar-refractivity contribution in [1.29, 1.82) is 0 Å². The van der Waals surface area contributed by atoms with Crippen molar-refractivity contribution < 1.29 is 0 Å². The van der Waals surface area contributed by atoms with Crippen molar-refractivity contribution in [3.05, 3.63) is 16.1 Å². The molecule has 1 rings (SSSR count). The quantitative estimate of drug-likeness (QED) is 0.344. The number of hydrogen-bond acceptors (Lipinski definition) is 3. The highest BCUT2D eigenvalue weighted by Gasteiger charge is 2.00. The number of nitrogens with zero attached hydrogens (tertiary/aromatic N) is 2. The van der Waals surface area contributed by atoms with Gasteiger partial charge < -0.3 is 10.6 Å². The summed E-state index contributed by atoms with van der Waals surface area (Å²) in [5.74, 6) is 0.856. The molecule has 0 aliphatic rings. The molecule has 0 radical (unpaired) electrons. The second-order valence-corrected chi connectivity index (χ2v) is 5.24. The molecular formula is C12H23IN4S. The van der Waals surface area contributed by atoms with Gasteiger partial charge in [-0.1, -0.05) is 19.8 Å². The van der Waals surface area contributed by atoms with Crippen molar-refractivity contribution in [1.82, 2.24) is 15.6 Å². The molecule has 0 aliphatic heterocycles. The summed E-state index contributed by atoms with van der Waals surface area (Å²) < 4.78 is 0. The lowest BCUT2D eigenvalue weighted by molar-refractivity contribution is 0.682. The Balaban J connectivity index is 0.00000289. The number of aliphatic imine (C=N–C) groups is 1. The summed E-state index contributed by atoms with van der Waals surface area (Å²) in [6.45, 7) is 5.99. The monoisotopic (exact) mass is 382 g/mol. The molecule has 0 aliphatic carbocycles. The number of hydrogen-bond donors (Lipinski definition) is 2. The maximum atomic E-state index is 4.30. The van der Waals surface area contributed by atoms with Crippen LogP contribution in [-0.2, 0) is 6.54 Å². The van der Waals surface area contributed by atoms with E-state index in [9.17, 15) is 0 Å².